The first kappa shape index (κ1) is 74.3. The fourth-order valence-corrected chi connectivity index (χ4v) is 10.9. The largest absolute Gasteiger partial charge is 0.466 e. The fraction of sp³-hybridized carbons (Fsp3) is 0.914. The monoisotopic (exact) mass is 1070 g/mol. The van der Waals surface area contributed by atoms with Crippen molar-refractivity contribution >= 4 is 11.9 Å². The van der Waals surface area contributed by atoms with Gasteiger partial charge in [0.25, 0.3) is 0 Å². The summed E-state index contributed by atoms with van der Waals surface area (Å²) < 4.78 is 5.49. The average Bonchev–Trinajstić information content (AvgIpc) is 3.42. The van der Waals surface area contributed by atoms with Crippen molar-refractivity contribution in [2.75, 3.05) is 13.2 Å². The quantitative estimate of drug-likeness (QED) is 0.0320. The van der Waals surface area contributed by atoms with Gasteiger partial charge in [-0.05, 0) is 57.8 Å². The van der Waals surface area contributed by atoms with E-state index in [0.29, 0.717) is 19.4 Å². The Morgan fingerprint density at radius 3 is 0.934 bits per heavy atom. The molecule has 2 atom stereocenters. The predicted molar refractivity (Wildman–Crippen MR) is 333 cm³/mol. The van der Waals surface area contributed by atoms with Gasteiger partial charge in [-0.1, -0.05) is 340 Å². The summed E-state index contributed by atoms with van der Waals surface area (Å²) in [4.78, 5) is 24.6. The molecule has 0 aromatic carbocycles. The number of nitrogens with one attached hydrogen (secondary N) is 1. The summed E-state index contributed by atoms with van der Waals surface area (Å²) in [7, 11) is 0. The van der Waals surface area contributed by atoms with E-state index in [2.05, 4.69) is 31.3 Å². The molecule has 0 aromatic rings. The van der Waals surface area contributed by atoms with Crippen molar-refractivity contribution < 1.29 is 24.5 Å². The van der Waals surface area contributed by atoms with E-state index in [1.807, 2.05) is 6.08 Å². The van der Waals surface area contributed by atoms with Gasteiger partial charge in [-0.2, -0.15) is 0 Å². The molecule has 0 radical (unpaired) electrons. The Morgan fingerprint density at radius 2 is 0.618 bits per heavy atom. The van der Waals surface area contributed by atoms with Gasteiger partial charge in [0, 0.05) is 12.8 Å². The number of esters is 1. The van der Waals surface area contributed by atoms with Crippen LogP contribution < -0.4 is 5.32 Å². The Hall–Kier alpha value is -1.66. The Morgan fingerprint density at radius 1 is 0.355 bits per heavy atom. The van der Waals surface area contributed by atoms with Gasteiger partial charge in [-0.3, -0.25) is 9.59 Å². The molecule has 0 saturated carbocycles. The maximum absolute atomic E-state index is 12.5. The summed E-state index contributed by atoms with van der Waals surface area (Å²) in [6, 6.07) is -0.627. The molecule has 0 fully saturated rings. The summed E-state index contributed by atoms with van der Waals surface area (Å²) in [5, 5.41) is 23.2. The highest BCUT2D eigenvalue weighted by Crippen LogP contribution is 2.19. The van der Waals surface area contributed by atoms with Gasteiger partial charge >= 0.3 is 5.97 Å². The summed E-state index contributed by atoms with van der Waals surface area (Å²) >= 11 is 0. The molecule has 0 spiro atoms. The molecule has 0 aliphatic rings. The molecule has 0 aliphatic heterocycles. The van der Waals surface area contributed by atoms with Gasteiger partial charge < -0.3 is 20.3 Å². The van der Waals surface area contributed by atoms with Crippen LogP contribution in [0.25, 0.3) is 0 Å². The van der Waals surface area contributed by atoms with E-state index >= 15 is 0 Å². The van der Waals surface area contributed by atoms with Crippen LogP contribution in [0, 0.1) is 0 Å². The van der Waals surface area contributed by atoms with Crippen LogP contribution in [0.3, 0.4) is 0 Å². The Balaban J connectivity index is 3.39. The van der Waals surface area contributed by atoms with Crippen LogP contribution in [0.15, 0.2) is 24.3 Å². The lowest BCUT2D eigenvalue weighted by Gasteiger charge is -2.20. The number of amides is 1. The molecule has 0 aliphatic carbocycles. The van der Waals surface area contributed by atoms with Crippen molar-refractivity contribution in [1.82, 2.24) is 5.32 Å². The number of carbonyl (C=O) groups excluding carboxylic acids is 2. The number of rotatable bonds is 65. The van der Waals surface area contributed by atoms with Crippen LogP contribution in [0.5, 0.6) is 0 Å². The highest BCUT2D eigenvalue weighted by Gasteiger charge is 2.18. The number of hydrogen-bond acceptors (Lipinski definition) is 5. The first-order valence-corrected chi connectivity index (χ1v) is 34.6. The summed E-state index contributed by atoms with van der Waals surface area (Å²) in [6.07, 6.45) is 82.5. The number of aliphatic hydroxyl groups is 2. The molecule has 0 rings (SSSR count). The first-order chi connectivity index (χ1) is 37.5. The first-order valence-electron chi connectivity index (χ1n) is 34.6. The molecule has 0 heterocycles. The van der Waals surface area contributed by atoms with Crippen molar-refractivity contribution in [3.8, 4) is 0 Å². The minimum Gasteiger partial charge on any atom is -0.466 e. The van der Waals surface area contributed by atoms with Crippen LogP contribution in [0.4, 0.5) is 0 Å². The smallest absolute Gasteiger partial charge is 0.305 e. The van der Waals surface area contributed by atoms with E-state index in [4.69, 9.17) is 4.74 Å². The number of carbonyl (C=O) groups is 2. The van der Waals surface area contributed by atoms with E-state index < -0.39 is 12.1 Å². The zero-order chi connectivity index (χ0) is 55.0. The predicted octanol–water partition coefficient (Wildman–Crippen LogP) is 22.1. The van der Waals surface area contributed by atoms with E-state index in [1.54, 1.807) is 6.08 Å². The summed E-state index contributed by atoms with van der Waals surface area (Å²) in [5.41, 5.74) is 0. The molecule has 3 N–H and O–H groups in total. The van der Waals surface area contributed by atoms with Crippen molar-refractivity contribution in [1.29, 1.82) is 0 Å². The third-order valence-corrected chi connectivity index (χ3v) is 16.2. The third-order valence-electron chi connectivity index (χ3n) is 16.2. The summed E-state index contributed by atoms with van der Waals surface area (Å²) in [5.74, 6) is -0.0545. The highest BCUT2D eigenvalue weighted by atomic mass is 16.5. The lowest BCUT2D eigenvalue weighted by molar-refractivity contribution is -0.143. The Kier molecular flexibility index (Phi) is 64.4. The number of allylic oxidation sites excluding steroid dienone is 3. The lowest BCUT2D eigenvalue weighted by atomic mass is 10.0. The molecule has 6 nitrogen and oxygen atoms in total. The second kappa shape index (κ2) is 65.9. The normalized spacial score (nSPS) is 12.6. The van der Waals surface area contributed by atoms with Crippen LogP contribution in [-0.4, -0.2) is 47.4 Å². The van der Waals surface area contributed by atoms with Gasteiger partial charge in [0.05, 0.1) is 25.4 Å². The minimum absolute atomic E-state index is 0.00807. The Bertz CT molecular complexity index is 1190. The molecule has 2 unspecified atom stereocenters. The fourth-order valence-electron chi connectivity index (χ4n) is 10.9. The van der Waals surface area contributed by atoms with Gasteiger partial charge in [-0.25, -0.2) is 0 Å². The molecule has 450 valence electrons. The zero-order valence-electron chi connectivity index (χ0n) is 51.5. The van der Waals surface area contributed by atoms with Gasteiger partial charge in [0.2, 0.25) is 5.91 Å². The number of unbranched alkanes of at least 4 members (excludes halogenated alkanes) is 52. The van der Waals surface area contributed by atoms with Crippen LogP contribution in [0.2, 0.25) is 0 Å². The lowest BCUT2D eigenvalue weighted by Crippen LogP contribution is -2.45. The standard InChI is InChI=1S/C70H135NO5/c1-3-5-7-9-11-13-15-17-19-20-21-29-32-35-38-42-46-50-54-58-62-68(73)67(66-72)71-69(74)63-59-55-51-47-43-39-36-33-30-27-25-23-22-24-26-28-31-34-37-41-45-49-53-57-61-65-76-70(75)64-60-56-52-48-44-40-18-16-14-12-10-8-6-4-2/h16,18,58,62,67-68,72-73H,3-15,17,19-57,59-61,63-66H2,1-2H3,(H,71,74)/b18-16-,62-58+. The molecular formula is C70H135NO5. The Labute approximate surface area is 475 Å². The van der Waals surface area contributed by atoms with E-state index in [-0.39, 0.29) is 18.5 Å². The zero-order valence-corrected chi connectivity index (χ0v) is 51.5. The minimum atomic E-state index is -0.844. The topological polar surface area (TPSA) is 95.9 Å². The molecule has 0 bridgehead atoms. The van der Waals surface area contributed by atoms with E-state index in [1.165, 1.54) is 315 Å². The highest BCUT2D eigenvalue weighted by molar-refractivity contribution is 5.76. The van der Waals surface area contributed by atoms with E-state index in [0.717, 1.165) is 44.9 Å². The van der Waals surface area contributed by atoms with Gasteiger partial charge in [-0.15, -0.1) is 0 Å². The molecular weight excluding hydrogens is 935 g/mol. The van der Waals surface area contributed by atoms with Crippen molar-refractivity contribution in [3.63, 3.8) is 0 Å². The van der Waals surface area contributed by atoms with Gasteiger partial charge in [0.15, 0.2) is 0 Å². The van der Waals surface area contributed by atoms with Crippen molar-refractivity contribution in [2.24, 2.45) is 0 Å². The SMILES string of the molecule is CCCCCCC/C=C\CCCCCCCC(=O)OCCCCCCCCCCCCCCCCCCCCCCCCCCCC(=O)NC(CO)C(O)/C=C/CCCCCCCCCCCCCCCCCCCC. The molecule has 0 saturated heterocycles. The number of ether oxygens (including phenoxy) is 1. The second-order valence-electron chi connectivity index (χ2n) is 23.9. The molecule has 1 amide bonds. The number of aliphatic hydroxyl groups excluding tert-OH is 2. The number of hydrogen-bond donors (Lipinski definition) is 3. The van der Waals surface area contributed by atoms with Crippen molar-refractivity contribution in [2.45, 2.75) is 398 Å². The molecule has 0 aromatic heterocycles. The summed E-state index contributed by atoms with van der Waals surface area (Å²) in [6.45, 7) is 4.93. The van der Waals surface area contributed by atoms with E-state index in [9.17, 15) is 19.8 Å². The molecule has 76 heavy (non-hydrogen) atoms. The maximum atomic E-state index is 12.5. The van der Waals surface area contributed by atoms with Crippen LogP contribution >= 0.6 is 0 Å². The maximum Gasteiger partial charge on any atom is 0.305 e. The van der Waals surface area contributed by atoms with Crippen molar-refractivity contribution in [3.05, 3.63) is 24.3 Å². The third kappa shape index (κ3) is 61.6. The average molecular weight is 1070 g/mol. The second-order valence-corrected chi connectivity index (χ2v) is 23.9. The van der Waals surface area contributed by atoms with Gasteiger partial charge in [0.1, 0.15) is 0 Å². The molecule has 6 heteroatoms. The van der Waals surface area contributed by atoms with Crippen LogP contribution in [0.1, 0.15) is 386 Å². The van der Waals surface area contributed by atoms with Crippen LogP contribution in [-0.2, 0) is 14.3 Å².